The van der Waals surface area contributed by atoms with Crippen LogP contribution in [0.4, 0.5) is 13.2 Å². The van der Waals surface area contributed by atoms with E-state index >= 15 is 0 Å². The topological polar surface area (TPSA) is 0 Å². The first-order valence-corrected chi connectivity index (χ1v) is 3.12. The van der Waals surface area contributed by atoms with E-state index in [1.165, 1.54) is 6.07 Å². The van der Waals surface area contributed by atoms with Crippen molar-refractivity contribution < 1.29 is 13.2 Å². The van der Waals surface area contributed by atoms with Gasteiger partial charge in [-0.2, -0.15) is 13.2 Å². The largest absolute Gasteiger partial charge is 0.417 e. The Bertz CT molecular complexity index is 254. The summed E-state index contributed by atoms with van der Waals surface area (Å²) in [6.07, 6.45) is -4.36. The lowest BCUT2D eigenvalue weighted by atomic mass is 10.2. The highest BCUT2D eigenvalue weighted by Crippen LogP contribution is 2.29. The molecular formula is C7H3ClF3. The van der Waals surface area contributed by atoms with E-state index in [1.54, 1.807) is 0 Å². The van der Waals surface area contributed by atoms with Gasteiger partial charge in [-0.15, -0.1) is 0 Å². The van der Waals surface area contributed by atoms with Crippen molar-refractivity contribution in [3.8, 4) is 0 Å². The number of benzene rings is 1. The molecule has 0 aliphatic heterocycles. The third kappa shape index (κ3) is 2.12. The van der Waals surface area contributed by atoms with Crippen LogP contribution >= 0.6 is 11.6 Å². The van der Waals surface area contributed by atoms with Gasteiger partial charge in [0, 0.05) is 5.02 Å². The van der Waals surface area contributed by atoms with Crippen molar-refractivity contribution in [2.75, 3.05) is 0 Å². The lowest BCUT2D eigenvalue weighted by Crippen LogP contribution is -2.04. The highest BCUT2D eigenvalue weighted by Gasteiger charge is 2.30. The van der Waals surface area contributed by atoms with Crippen LogP contribution in [-0.4, -0.2) is 0 Å². The van der Waals surface area contributed by atoms with Gasteiger partial charge in [0.15, 0.2) is 0 Å². The quantitative estimate of drug-likeness (QED) is 0.574. The van der Waals surface area contributed by atoms with Gasteiger partial charge in [-0.05, 0) is 18.2 Å². The molecule has 59 valence electrons. The van der Waals surface area contributed by atoms with E-state index in [4.69, 9.17) is 11.6 Å². The summed E-state index contributed by atoms with van der Waals surface area (Å²) in [6.45, 7) is 0. The van der Waals surface area contributed by atoms with Crippen molar-refractivity contribution in [2.24, 2.45) is 0 Å². The predicted molar refractivity (Wildman–Crippen MR) is 35.3 cm³/mol. The highest BCUT2D eigenvalue weighted by molar-refractivity contribution is 6.30. The minimum Gasteiger partial charge on any atom is -0.166 e. The van der Waals surface area contributed by atoms with Crippen molar-refractivity contribution in [1.82, 2.24) is 0 Å². The second kappa shape index (κ2) is 2.74. The van der Waals surface area contributed by atoms with Crippen LogP contribution in [0.2, 0.25) is 5.02 Å². The molecule has 0 bridgehead atoms. The van der Waals surface area contributed by atoms with Crippen LogP contribution in [0.25, 0.3) is 0 Å². The standard InChI is InChI=1S/C7H3ClF3/c8-6-3-1-2-5(4-6)7(9,10)11/h1,3-4H. The maximum absolute atomic E-state index is 11.9. The van der Waals surface area contributed by atoms with Crippen molar-refractivity contribution in [2.45, 2.75) is 6.18 Å². The molecule has 0 saturated carbocycles. The summed E-state index contributed by atoms with van der Waals surface area (Å²) < 4.78 is 35.6. The van der Waals surface area contributed by atoms with Crippen LogP contribution in [0.3, 0.4) is 0 Å². The van der Waals surface area contributed by atoms with Gasteiger partial charge < -0.3 is 0 Å². The summed E-state index contributed by atoms with van der Waals surface area (Å²) in [5.74, 6) is 0. The van der Waals surface area contributed by atoms with Crippen LogP contribution in [-0.2, 0) is 6.18 Å². The molecule has 0 aliphatic carbocycles. The van der Waals surface area contributed by atoms with E-state index in [0.29, 0.717) is 0 Å². The van der Waals surface area contributed by atoms with E-state index in [-0.39, 0.29) is 5.02 Å². The molecule has 1 rings (SSSR count). The lowest BCUT2D eigenvalue weighted by Gasteiger charge is -2.04. The molecule has 1 aromatic rings. The SMILES string of the molecule is FC(F)(F)c1[c]ccc(Cl)c1. The van der Waals surface area contributed by atoms with E-state index in [1.807, 2.05) is 6.07 Å². The van der Waals surface area contributed by atoms with Gasteiger partial charge >= 0.3 is 6.18 Å². The molecule has 0 atom stereocenters. The first-order chi connectivity index (χ1) is 5.00. The second-order valence-corrected chi connectivity index (χ2v) is 2.35. The fourth-order valence-electron chi connectivity index (χ4n) is 0.602. The smallest absolute Gasteiger partial charge is 0.166 e. The van der Waals surface area contributed by atoms with Gasteiger partial charge in [0.1, 0.15) is 0 Å². The third-order valence-corrected chi connectivity index (χ3v) is 1.30. The predicted octanol–water partition coefficient (Wildman–Crippen LogP) is 3.16. The zero-order valence-corrected chi connectivity index (χ0v) is 6.00. The van der Waals surface area contributed by atoms with Crippen molar-refractivity contribution in [1.29, 1.82) is 0 Å². The van der Waals surface area contributed by atoms with E-state index in [9.17, 15) is 13.2 Å². The lowest BCUT2D eigenvalue weighted by molar-refractivity contribution is -0.137. The molecule has 1 radical (unpaired) electrons. The van der Waals surface area contributed by atoms with Crippen molar-refractivity contribution in [3.05, 3.63) is 34.9 Å². The monoisotopic (exact) mass is 179 g/mol. The van der Waals surface area contributed by atoms with E-state index in [2.05, 4.69) is 0 Å². The normalized spacial score (nSPS) is 11.6. The maximum atomic E-state index is 11.9. The summed E-state index contributed by atoms with van der Waals surface area (Å²) in [5.41, 5.74) is -0.843. The van der Waals surface area contributed by atoms with Gasteiger partial charge in [0.05, 0.1) is 5.56 Å². The maximum Gasteiger partial charge on any atom is 0.417 e. The minimum atomic E-state index is -4.36. The van der Waals surface area contributed by atoms with E-state index in [0.717, 1.165) is 12.1 Å². The van der Waals surface area contributed by atoms with Crippen molar-refractivity contribution >= 4 is 11.6 Å². The fraction of sp³-hybridized carbons (Fsp3) is 0.143. The zero-order chi connectivity index (χ0) is 8.48. The molecule has 0 fully saturated rings. The van der Waals surface area contributed by atoms with Crippen LogP contribution in [0.15, 0.2) is 18.2 Å². The Labute approximate surface area is 66.6 Å². The third-order valence-electron chi connectivity index (χ3n) is 1.07. The van der Waals surface area contributed by atoms with Crippen LogP contribution in [0, 0.1) is 6.07 Å². The molecule has 0 N–H and O–H groups in total. The number of alkyl halides is 3. The molecule has 0 spiro atoms. The Kier molecular flexibility index (Phi) is 2.09. The average molecular weight is 180 g/mol. The van der Waals surface area contributed by atoms with Crippen LogP contribution in [0.5, 0.6) is 0 Å². The molecule has 0 aliphatic rings. The Hall–Kier alpha value is -0.700. The molecule has 11 heavy (non-hydrogen) atoms. The second-order valence-electron chi connectivity index (χ2n) is 1.92. The zero-order valence-electron chi connectivity index (χ0n) is 5.24. The van der Waals surface area contributed by atoms with Crippen LogP contribution in [0.1, 0.15) is 5.56 Å². The fourth-order valence-corrected chi connectivity index (χ4v) is 0.774. The first-order valence-electron chi connectivity index (χ1n) is 2.74. The van der Waals surface area contributed by atoms with Gasteiger partial charge in [-0.1, -0.05) is 17.7 Å². The summed E-state index contributed by atoms with van der Waals surface area (Å²) in [5, 5.41) is 0.0658. The minimum absolute atomic E-state index is 0.0658. The van der Waals surface area contributed by atoms with Gasteiger partial charge in [0.25, 0.3) is 0 Å². The molecule has 0 aromatic heterocycles. The Morgan fingerprint density at radius 2 is 2.00 bits per heavy atom. The Morgan fingerprint density at radius 1 is 1.36 bits per heavy atom. The number of rotatable bonds is 0. The molecule has 0 heterocycles. The van der Waals surface area contributed by atoms with Gasteiger partial charge in [-0.25, -0.2) is 0 Å². The van der Waals surface area contributed by atoms with Gasteiger partial charge in [0.2, 0.25) is 0 Å². The molecule has 0 amide bonds. The number of halogens is 4. The van der Waals surface area contributed by atoms with E-state index < -0.39 is 11.7 Å². The Balaban J connectivity index is 3.06. The molecular weight excluding hydrogens is 177 g/mol. The summed E-state index contributed by atoms with van der Waals surface area (Å²) in [7, 11) is 0. The first kappa shape index (κ1) is 8.40. The Morgan fingerprint density at radius 3 is 2.36 bits per heavy atom. The number of hydrogen-bond donors (Lipinski definition) is 0. The molecule has 4 heteroatoms. The molecule has 0 saturated heterocycles. The van der Waals surface area contributed by atoms with Gasteiger partial charge in [-0.3, -0.25) is 0 Å². The van der Waals surface area contributed by atoms with Crippen molar-refractivity contribution in [3.63, 3.8) is 0 Å². The van der Waals surface area contributed by atoms with Crippen LogP contribution < -0.4 is 0 Å². The molecule has 0 nitrogen and oxygen atoms in total. The molecule has 0 unspecified atom stereocenters. The number of hydrogen-bond acceptors (Lipinski definition) is 0. The highest BCUT2D eigenvalue weighted by atomic mass is 35.5. The average Bonchev–Trinajstić information content (AvgIpc) is 1.86. The summed E-state index contributed by atoms with van der Waals surface area (Å²) in [6, 6.07) is 5.36. The molecule has 1 aromatic carbocycles. The summed E-state index contributed by atoms with van der Waals surface area (Å²) in [4.78, 5) is 0. The summed E-state index contributed by atoms with van der Waals surface area (Å²) >= 11 is 5.33.